The lowest BCUT2D eigenvalue weighted by atomic mass is 9.49. The Bertz CT molecular complexity index is 789. The van der Waals surface area contributed by atoms with Crippen molar-refractivity contribution in [3.8, 4) is 11.5 Å². The normalized spacial score (nSPS) is 32.0. The first-order chi connectivity index (χ1) is 12.6. The molecule has 136 valence electrons. The number of carbonyl (C=O) groups excluding carboxylic acids is 1. The Morgan fingerprint density at radius 3 is 2.35 bits per heavy atom. The second-order valence-corrected chi connectivity index (χ2v) is 8.76. The van der Waals surface area contributed by atoms with Gasteiger partial charge in [-0.05, 0) is 75.3 Å². The lowest BCUT2D eigenvalue weighted by molar-refractivity contribution is -0.146. The van der Waals surface area contributed by atoms with Crippen LogP contribution in [0.4, 0.5) is 0 Å². The highest BCUT2D eigenvalue weighted by molar-refractivity contribution is 5.83. The Hall–Kier alpha value is -2.17. The van der Waals surface area contributed by atoms with E-state index in [1.54, 1.807) is 0 Å². The summed E-state index contributed by atoms with van der Waals surface area (Å²) in [6.45, 7) is 2.39. The van der Waals surface area contributed by atoms with Gasteiger partial charge in [-0.2, -0.15) is 4.98 Å². The van der Waals surface area contributed by atoms with Crippen LogP contribution in [0.1, 0.15) is 49.9 Å². The van der Waals surface area contributed by atoms with Crippen LogP contribution < -0.4 is 5.32 Å². The standard InChI is InChI=1S/C21H25N3O2/c1-13-2-4-17(5-3-13)19-23-18(24-26-19)12-22-20(25)21-9-14-6-15(10-21)8-16(7-14)11-21/h2-5,14-16H,6-12H2,1H3,(H,22,25). The fraction of sp³-hybridized carbons (Fsp3) is 0.571. The molecule has 4 fully saturated rings. The van der Waals surface area contributed by atoms with Gasteiger partial charge >= 0.3 is 0 Å². The lowest BCUT2D eigenvalue weighted by Crippen LogP contribution is -2.53. The van der Waals surface area contributed by atoms with Crippen LogP contribution in [0.2, 0.25) is 0 Å². The quantitative estimate of drug-likeness (QED) is 0.908. The fourth-order valence-electron chi connectivity index (χ4n) is 5.87. The molecule has 1 N–H and O–H groups in total. The SMILES string of the molecule is Cc1ccc(-c2nc(CNC(=O)C34CC5CC(CC(C5)C3)C4)no2)cc1. The van der Waals surface area contributed by atoms with Gasteiger partial charge in [0.05, 0.1) is 6.54 Å². The monoisotopic (exact) mass is 351 g/mol. The van der Waals surface area contributed by atoms with Gasteiger partial charge in [-0.3, -0.25) is 4.79 Å². The van der Waals surface area contributed by atoms with Crippen LogP contribution in [-0.2, 0) is 11.3 Å². The Morgan fingerprint density at radius 1 is 1.12 bits per heavy atom. The molecule has 1 heterocycles. The van der Waals surface area contributed by atoms with Crippen molar-refractivity contribution in [2.24, 2.45) is 23.2 Å². The summed E-state index contributed by atoms with van der Waals surface area (Å²) < 4.78 is 5.36. The molecule has 1 aromatic carbocycles. The highest BCUT2D eigenvalue weighted by atomic mass is 16.5. The number of benzene rings is 1. The van der Waals surface area contributed by atoms with E-state index >= 15 is 0 Å². The van der Waals surface area contributed by atoms with E-state index in [1.807, 2.05) is 31.2 Å². The molecule has 0 unspecified atom stereocenters. The molecule has 4 bridgehead atoms. The van der Waals surface area contributed by atoms with E-state index in [2.05, 4.69) is 15.5 Å². The van der Waals surface area contributed by atoms with Gasteiger partial charge in [-0.15, -0.1) is 0 Å². The molecular formula is C21H25N3O2. The van der Waals surface area contributed by atoms with Crippen LogP contribution in [0.25, 0.3) is 11.5 Å². The minimum Gasteiger partial charge on any atom is -0.348 e. The molecule has 26 heavy (non-hydrogen) atoms. The van der Waals surface area contributed by atoms with Crippen molar-refractivity contribution in [2.75, 3.05) is 0 Å². The molecule has 0 radical (unpaired) electrons. The molecule has 0 spiro atoms. The van der Waals surface area contributed by atoms with Crippen molar-refractivity contribution in [1.82, 2.24) is 15.5 Å². The predicted molar refractivity (Wildman–Crippen MR) is 96.9 cm³/mol. The van der Waals surface area contributed by atoms with Gasteiger partial charge in [0.1, 0.15) is 0 Å². The third-order valence-electron chi connectivity index (χ3n) is 6.69. The molecule has 0 atom stereocenters. The molecule has 2 aromatic rings. The first kappa shape index (κ1) is 16.0. The zero-order valence-corrected chi connectivity index (χ0v) is 15.2. The highest BCUT2D eigenvalue weighted by Gasteiger charge is 2.54. The number of aromatic nitrogens is 2. The third-order valence-corrected chi connectivity index (χ3v) is 6.69. The summed E-state index contributed by atoms with van der Waals surface area (Å²) >= 11 is 0. The first-order valence-corrected chi connectivity index (χ1v) is 9.78. The van der Waals surface area contributed by atoms with Crippen LogP contribution in [0.15, 0.2) is 28.8 Å². The lowest BCUT2D eigenvalue weighted by Gasteiger charge is -2.55. The number of rotatable bonds is 4. The molecule has 5 heteroatoms. The minimum atomic E-state index is -0.127. The molecule has 1 amide bonds. The van der Waals surface area contributed by atoms with Crippen molar-refractivity contribution < 1.29 is 9.32 Å². The molecule has 5 nitrogen and oxygen atoms in total. The summed E-state index contributed by atoms with van der Waals surface area (Å²) in [7, 11) is 0. The van der Waals surface area contributed by atoms with Crippen molar-refractivity contribution in [3.63, 3.8) is 0 Å². The van der Waals surface area contributed by atoms with Crippen LogP contribution in [0.5, 0.6) is 0 Å². The third kappa shape index (κ3) is 2.74. The van der Waals surface area contributed by atoms with Gasteiger partial charge in [0.25, 0.3) is 5.89 Å². The molecular weight excluding hydrogens is 326 g/mol. The molecule has 4 aliphatic rings. The average Bonchev–Trinajstić information content (AvgIpc) is 3.08. The summed E-state index contributed by atoms with van der Waals surface area (Å²) in [5.41, 5.74) is 1.97. The van der Waals surface area contributed by atoms with Gasteiger partial charge in [-0.1, -0.05) is 22.9 Å². The Kier molecular flexibility index (Phi) is 3.66. The maximum atomic E-state index is 13.0. The van der Waals surface area contributed by atoms with E-state index in [9.17, 15) is 4.79 Å². The van der Waals surface area contributed by atoms with Crippen molar-refractivity contribution >= 4 is 5.91 Å². The van der Waals surface area contributed by atoms with Crippen LogP contribution in [-0.4, -0.2) is 16.0 Å². The summed E-state index contributed by atoms with van der Waals surface area (Å²) in [4.78, 5) is 17.4. The van der Waals surface area contributed by atoms with E-state index in [1.165, 1.54) is 24.8 Å². The number of hydrogen-bond acceptors (Lipinski definition) is 4. The summed E-state index contributed by atoms with van der Waals surface area (Å²) in [6.07, 6.45) is 7.26. The van der Waals surface area contributed by atoms with Gasteiger partial charge in [0.15, 0.2) is 5.82 Å². The number of nitrogens with one attached hydrogen (secondary N) is 1. The number of nitrogens with zero attached hydrogens (tertiary/aromatic N) is 2. The molecule has 4 saturated carbocycles. The molecule has 0 saturated heterocycles. The highest BCUT2D eigenvalue weighted by Crippen LogP contribution is 2.60. The van der Waals surface area contributed by atoms with E-state index in [0.717, 1.165) is 42.6 Å². The number of hydrogen-bond donors (Lipinski definition) is 1. The molecule has 0 aliphatic heterocycles. The van der Waals surface area contributed by atoms with Crippen molar-refractivity contribution in [3.05, 3.63) is 35.7 Å². The topological polar surface area (TPSA) is 68.0 Å². The second-order valence-electron chi connectivity index (χ2n) is 8.76. The van der Waals surface area contributed by atoms with Crippen molar-refractivity contribution in [2.45, 2.75) is 52.0 Å². The summed E-state index contributed by atoms with van der Waals surface area (Å²) in [5, 5.41) is 7.14. The number of carbonyl (C=O) groups is 1. The van der Waals surface area contributed by atoms with Gasteiger partial charge in [0.2, 0.25) is 5.91 Å². The Labute approximate surface area is 153 Å². The Balaban J connectivity index is 1.25. The molecule has 1 aromatic heterocycles. The Morgan fingerprint density at radius 2 is 1.73 bits per heavy atom. The zero-order chi connectivity index (χ0) is 17.7. The van der Waals surface area contributed by atoms with E-state index in [0.29, 0.717) is 18.3 Å². The van der Waals surface area contributed by atoms with Crippen molar-refractivity contribution in [1.29, 1.82) is 0 Å². The number of aryl methyl sites for hydroxylation is 1. The van der Waals surface area contributed by atoms with Gasteiger partial charge in [-0.25, -0.2) is 0 Å². The van der Waals surface area contributed by atoms with Gasteiger partial charge in [0, 0.05) is 11.0 Å². The van der Waals surface area contributed by atoms with Crippen LogP contribution in [0, 0.1) is 30.1 Å². The average molecular weight is 351 g/mol. The number of amides is 1. The zero-order valence-electron chi connectivity index (χ0n) is 15.2. The smallest absolute Gasteiger partial charge is 0.257 e. The summed E-state index contributed by atoms with van der Waals surface area (Å²) in [5.74, 6) is 3.56. The van der Waals surface area contributed by atoms with E-state index in [4.69, 9.17) is 4.52 Å². The van der Waals surface area contributed by atoms with Gasteiger partial charge < -0.3 is 9.84 Å². The molecule has 6 rings (SSSR count). The summed E-state index contributed by atoms with van der Waals surface area (Å²) in [6, 6.07) is 7.99. The fourth-order valence-corrected chi connectivity index (χ4v) is 5.87. The first-order valence-electron chi connectivity index (χ1n) is 9.78. The van der Waals surface area contributed by atoms with Crippen LogP contribution in [0.3, 0.4) is 0 Å². The molecule has 4 aliphatic carbocycles. The maximum Gasteiger partial charge on any atom is 0.257 e. The second kappa shape index (κ2) is 5.93. The van der Waals surface area contributed by atoms with Crippen LogP contribution >= 0.6 is 0 Å². The maximum absolute atomic E-state index is 13.0. The van der Waals surface area contributed by atoms with E-state index < -0.39 is 0 Å². The van der Waals surface area contributed by atoms with E-state index in [-0.39, 0.29) is 11.3 Å². The predicted octanol–water partition coefficient (Wildman–Crippen LogP) is 3.88. The largest absolute Gasteiger partial charge is 0.348 e. The minimum absolute atomic E-state index is 0.127.